The van der Waals surface area contributed by atoms with Crippen LogP contribution in [-0.2, 0) is 6.54 Å². The second-order valence-corrected chi connectivity index (χ2v) is 4.41. The minimum Gasteiger partial charge on any atom is -0.310 e. The minimum absolute atomic E-state index is 0.540. The molecule has 0 atom stereocenters. The molecule has 1 N–H and O–H groups in total. The molecule has 0 fully saturated rings. The Morgan fingerprint density at radius 3 is 2.69 bits per heavy atom. The van der Waals surface area contributed by atoms with E-state index in [9.17, 15) is 0 Å². The summed E-state index contributed by atoms with van der Waals surface area (Å²) in [7, 11) is 0. The van der Waals surface area contributed by atoms with Crippen molar-refractivity contribution >= 4 is 15.9 Å². The van der Waals surface area contributed by atoms with E-state index in [2.05, 4.69) is 60.2 Å². The molecule has 2 heteroatoms. The van der Waals surface area contributed by atoms with Gasteiger partial charge in [0.05, 0.1) is 0 Å². The van der Waals surface area contributed by atoms with Crippen molar-refractivity contribution < 1.29 is 0 Å². The third-order valence-electron chi connectivity index (χ3n) is 2.08. The summed E-state index contributed by atoms with van der Waals surface area (Å²) in [5.41, 5.74) is 2.69. The number of nitrogens with one attached hydrogen (secondary N) is 1. The fourth-order valence-electron chi connectivity index (χ4n) is 1.16. The van der Waals surface area contributed by atoms with Crippen molar-refractivity contribution in [1.82, 2.24) is 5.32 Å². The second-order valence-electron chi connectivity index (χ2n) is 3.56. The van der Waals surface area contributed by atoms with E-state index in [4.69, 9.17) is 0 Å². The van der Waals surface area contributed by atoms with Gasteiger partial charge in [0.1, 0.15) is 0 Å². The maximum Gasteiger partial charge on any atom is 0.0210 e. The van der Waals surface area contributed by atoms with E-state index in [-0.39, 0.29) is 0 Å². The third kappa shape index (κ3) is 3.12. The Labute approximate surface area is 88.7 Å². The molecule has 0 aliphatic rings. The lowest BCUT2D eigenvalue weighted by atomic mass is 10.1. The van der Waals surface area contributed by atoms with Crippen molar-refractivity contribution in [3.63, 3.8) is 0 Å². The lowest BCUT2D eigenvalue weighted by Gasteiger charge is -2.11. The standard InChI is InChI=1S/C11H16BrN/c1-8(2)13-7-10-5-4-6-11(12)9(10)3/h4-6,8,13H,7H2,1-3H3. The number of hydrogen-bond acceptors (Lipinski definition) is 1. The van der Waals surface area contributed by atoms with Crippen molar-refractivity contribution in [3.8, 4) is 0 Å². The zero-order valence-electron chi connectivity index (χ0n) is 8.39. The Morgan fingerprint density at radius 2 is 2.08 bits per heavy atom. The molecule has 13 heavy (non-hydrogen) atoms. The largest absolute Gasteiger partial charge is 0.310 e. The van der Waals surface area contributed by atoms with Gasteiger partial charge in [-0.2, -0.15) is 0 Å². The molecule has 0 aliphatic carbocycles. The van der Waals surface area contributed by atoms with E-state index in [1.165, 1.54) is 15.6 Å². The quantitative estimate of drug-likeness (QED) is 0.857. The normalized spacial score (nSPS) is 10.8. The first-order valence-corrected chi connectivity index (χ1v) is 5.38. The van der Waals surface area contributed by atoms with Crippen LogP contribution in [0.5, 0.6) is 0 Å². The molecule has 0 saturated heterocycles. The van der Waals surface area contributed by atoms with Crippen molar-refractivity contribution in [2.24, 2.45) is 0 Å². The summed E-state index contributed by atoms with van der Waals surface area (Å²) in [6.45, 7) is 7.41. The van der Waals surface area contributed by atoms with Gasteiger partial charge in [0.15, 0.2) is 0 Å². The van der Waals surface area contributed by atoms with Gasteiger partial charge in [0, 0.05) is 17.1 Å². The van der Waals surface area contributed by atoms with Crippen LogP contribution in [0.15, 0.2) is 22.7 Å². The van der Waals surface area contributed by atoms with E-state index in [1.807, 2.05) is 0 Å². The lowest BCUT2D eigenvalue weighted by molar-refractivity contribution is 0.587. The van der Waals surface area contributed by atoms with Crippen molar-refractivity contribution in [3.05, 3.63) is 33.8 Å². The van der Waals surface area contributed by atoms with Gasteiger partial charge >= 0.3 is 0 Å². The van der Waals surface area contributed by atoms with Gasteiger partial charge in [-0.3, -0.25) is 0 Å². The fourth-order valence-corrected chi connectivity index (χ4v) is 1.56. The van der Waals surface area contributed by atoms with Crippen LogP contribution < -0.4 is 5.32 Å². The summed E-state index contributed by atoms with van der Waals surface area (Å²) >= 11 is 3.53. The van der Waals surface area contributed by atoms with Gasteiger partial charge in [0.2, 0.25) is 0 Å². The van der Waals surface area contributed by atoms with Crippen molar-refractivity contribution in [2.75, 3.05) is 0 Å². The minimum atomic E-state index is 0.540. The Kier molecular flexibility index (Phi) is 3.94. The highest BCUT2D eigenvalue weighted by atomic mass is 79.9. The molecule has 0 bridgehead atoms. The van der Waals surface area contributed by atoms with Crippen LogP contribution in [-0.4, -0.2) is 6.04 Å². The van der Waals surface area contributed by atoms with Crippen LogP contribution >= 0.6 is 15.9 Å². The molecular formula is C11H16BrN. The topological polar surface area (TPSA) is 12.0 Å². The monoisotopic (exact) mass is 241 g/mol. The van der Waals surface area contributed by atoms with E-state index in [0.29, 0.717) is 6.04 Å². The van der Waals surface area contributed by atoms with E-state index < -0.39 is 0 Å². The maximum atomic E-state index is 3.53. The first-order chi connectivity index (χ1) is 6.11. The molecule has 1 nitrogen and oxygen atoms in total. The lowest BCUT2D eigenvalue weighted by Crippen LogP contribution is -2.22. The summed E-state index contributed by atoms with van der Waals surface area (Å²) < 4.78 is 1.19. The summed E-state index contributed by atoms with van der Waals surface area (Å²) in [4.78, 5) is 0. The van der Waals surface area contributed by atoms with Crippen LogP contribution in [0.1, 0.15) is 25.0 Å². The summed E-state index contributed by atoms with van der Waals surface area (Å²) in [5.74, 6) is 0. The van der Waals surface area contributed by atoms with Gasteiger partial charge in [-0.05, 0) is 24.1 Å². The molecule has 0 saturated carbocycles. The molecule has 0 aliphatic heterocycles. The van der Waals surface area contributed by atoms with E-state index >= 15 is 0 Å². The Hall–Kier alpha value is -0.340. The zero-order valence-corrected chi connectivity index (χ0v) is 9.98. The smallest absolute Gasteiger partial charge is 0.0210 e. The molecule has 0 heterocycles. The zero-order chi connectivity index (χ0) is 9.84. The first-order valence-electron chi connectivity index (χ1n) is 4.58. The molecule has 0 amide bonds. The predicted octanol–water partition coefficient (Wildman–Crippen LogP) is 3.26. The summed E-state index contributed by atoms with van der Waals surface area (Å²) in [6, 6.07) is 6.86. The van der Waals surface area contributed by atoms with Gasteiger partial charge in [-0.15, -0.1) is 0 Å². The van der Waals surface area contributed by atoms with Crippen LogP contribution in [0.3, 0.4) is 0 Å². The average Bonchev–Trinajstić information content (AvgIpc) is 2.07. The van der Waals surface area contributed by atoms with E-state index in [0.717, 1.165) is 6.54 Å². The summed E-state index contributed by atoms with van der Waals surface area (Å²) in [5, 5.41) is 3.41. The first kappa shape index (κ1) is 10.7. The van der Waals surface area contributed by atoms with Crippen LogP contribution in [0.4, 0.5) is 0 Å². The number of rotatable bonds is 3. The van der Waals surface area contributed by atoms with Gasteiger partial charge in [-0.25, -0.2) is 0 Å². The molecule has 1 rings (SSSR count). The molecule has 0 aromatic heterocycles. The second kappa shape index (κ2) is 4.77. The SMILES string of the molecule is Cc1c(Br)cccc1CNC(C)C. The number of benzene rings is 1. The van der Waals surface area contributed by atoms with Crippen LogP contribution in [0.25, 0.3) is 0 Å². The highest BCUT2D eigenvalue weighted by Crippen LogP contribution is 2.19. The summed E-state index contributed by atoms with van der Waals surface area (Å²) in [6.07, 6.45) is 0. The number of halogens is 1. The molecule has 0 radical (unpaired) electrons. The molecule has 72 valence electrons. The molecule has 1 aromatic rings. The predicted molar refractivity (Wildman–Crippen MR) is 60.9 cm³/mol. The highest BCUT2D eigenvalue weighted by Gasteiger charge is 2.01. The molecule has 0 unspecified atom stereocenters. The molecule has 0 spiro atoms. The number of hydrogen-bond donors (Lipinski definition) is 1. The van der Waals surface area contributed by atoms with Crippen molar-refractivity contribution in [2.45, 2.75) is 33.4 Å². The van der Waals surface area contributed by atoms with Gasteiger partial charge in [-0.1, -0.05) is 41.9 Å². The van der Waals surface area contributed by atoms with Crippen molar-refractivity contribution in [1.29, 1.82) is 0 Å². The fraction of sp³-hybridized carbons (Fsp3) is 0.455. The van der Waals surface area contributed by atoms with Crippen LogP contribution in [0, 0.1) is 6.92 Å². The van der Waals surface area contributed by atoms with E-state index in [1.54, 1.807) is 0 Å². The average molecular weight is 242 g/mol. The van der Waals surface area contributed by atoms with Gasteiger partial charge in [0.25, 0.3) is 0 Å². The highest BCUT2D eigenvalue weighted by molar-refractivity contribution is 9.10. The molecular weight excluding hydrogens is 226 g/mol. The van der Waals surface area contributed by atoms with Gasteiger partial charge < -0.3 is 5.32 Å². The van der Waals surface area contributed by atoms with Crippen LogP contribution in [0.2, 0.25) is 0 Å². The molecule has 1 aromatic carbocycles. The third-order valence-corrected chi connectivity index (χ3v) is 2.94. The maximum absolute atomic E-state index is 3.53. The Morgan fingerprint density at radius 1 is 1.38 bits per heavy atom. The Balaban J connectivity index is 2.71. The Bertz CT molecular complexity index is 281.